The van der Waals surface area contributed by atoms with Crippen LogP contribution >= 0.6 is 0 Å². The van der Waals surface area contributed by atoms with Crippen LogP contribution in [-0.2, 0) is 20.8 Å². The summed E-state index contributed by atoms with van der Waals surface area (Å²) in [6.45, 7) is 1.53. The summed E-state index contributed by atoms with van der Waals surface area (Å²) in [5, 5.41) is 0. The van der Waals surface area contributed by atoms with E-state index in [2.05, 4.69) is 4.72 Å². The van der Waals surface area contributed by atoms with Crippen molar-refractivity contribution in [3.05, 3.63) is 53.6 Å². The van der Waals surface area contributed by atoms with E-state index in [9.17, 15) is 21.4 Å². The second-order valence-corrected chi connectivity index (χ2v) is 7.61. The highest BCUT2D eigenvalue weighted by molar-refractivity contribution is 7.92. The molecule has 118 valence electrons. The predicted molar refractivity (Wildman–Crippen MR) is 80.7 cm³/mol. The van der Waals surface area contributed by atoms with Crippen molar-refractivity contribution in [1.82, 2.24) is 0 Å². The molecule has 0 spiro atoms. The largest absolute Gasteiger partial charge is 0.280 e. The van der Waals surface area contributed by atoms with Crippen molar-refractivity contribution >= 4 is 26.5 Å². The van der Waals surface area contributed by atoms with E-state index < -0.39 is 32.5 Å². The van der Waals surface area contributed by atoms with E-state index in [-0.39, 0.29) is 15.5 Å². The summed E-state index contributed by atoms with van der Waals surface area (Å²) in [4.78, 5) is -0.249. The third-order valence-electron chi connectivity index (χ3n) is 2.93. The Kier molecular flexibility index (Phi) is 4.62. The highest BCUT2D eigenvalue weighted by Gasteiger charge is 2.18. The molecule has 0 radical (unpaired) electrons. The first kappa shape index (κ1) is 16.6. The lowest BCUT2D eigenvalue weighted by Crippen LogP contribution is -2.15. The van der Waals surface area contributed by atoms with Gasteiger partial charge < -0.3 is 0 Å². The van der Waals surface area contributed by atoms with Crippen molar-refractivity contribution in [3.63, 3.8) is 0 Å². The van der Waals surface area contributed by atoms with Crippen LogP contribution in [0, 0.1) is 18.6 Å². The molecule has 1 N–H and O–H groups in total. The standard InChI is InChI=1S/C14H13F2NO3S2/c1-9-3-4-10(15)7-14(9)22(19,20)17-11-5-6-13(21(2)18)12(16)8-11/h3-8,17H,1-2H3. The number of anilines is 1. The van der Waals surface area contributed by atoms with Crippen molar-refractivity contribution in [1.29, 1.82) is 0 Å². The second-order valence-electron chi connectivity index (χ2n) is 4.61. The summed E-state index contributed by atoms with van der Waals surface area (Å²) >= 11 is 0. The topological polar surface area (TPSA) is 63.2 Å². The summed E-state index contributed by atoms with van der Waals surface area (Å²) in [7, 11) is -5.57. The molecule has 22 heavy (non-hydrogen) atoms. The SMILES string of the molecule is Cc1ccc(F)cc1S(=O)(=O)Nc1ccc(S(C)=O)c(F)c1. The first-order valence-electron chi connectivity index (χ1n) is 6.12. The average Bonchev–Trinajstić information content (AvgIpc) is 2.40. The van der Waals surface area contributed by atoms with Gasteiger partial charge in [0.15, 0.2) is 0 Å². The molecule has 2 rings (SSSR count). The average molecular weight is 345 g/mol. The maximum absolute atomic E-state index is 13.7. The molecule has 0 aliphatic rings. The third kappa shape index (κ3) is 3.50. The number of hydrogen-bond donors (Lipinski definition) is 1. The van der Waals surface area contributed by atoms with Crippen LogP contribution in [-0.4, -0.2) is 18.9 Å². The number of sulfonamides is 1. The molecule has 0 bridgehead atoms. The van der Waals surface area contributed by atoms with Gasteiger partial charge in [-0.05, 0) is 42.8 Å². The molecule has 0 saturated carbocycles. The number of halogens is 2. The Hall–Kier alpha value is -1.80. The van der Waals surface area contributed by atoms with Gasteiger partial charge in [0.05, 0.1) is 26.3 Å². The fourth-order valence-corrected chi connectivity index (χ4v) is 3.77. The smallest absolute Gasteiger partial charge is 0.262 e. The molecule has 0 fully saturated rings. The van der Waals surface area contributed by atoms with Gasteiger partial charge in [-0.2, -0.15) is 0 Å². The van der Waals surface area contributed by atoms with Crippen LogP contribution in [0.3, 0.4) is 0 Å². The maximum atomic E-state index is 13.7. The Balaban J connectivity index is 2.39. The highest BCUT2D eigenvalue weighted by Crippen LogP contribution is 2.22. The molecule has 2 aromatic rings. The van der Waals surface area contributed by atoms with Crippen LogP contribution in [0.5, 0.6) is 0 Å². The van der Waals surface area contributed by atoms with E-state index in [4.69, 9.17) is 0 Å². The Morgan fingerprint density at radius 1 is 1.09 bits per heavy atom. The van der Waals surface area contributed by atoms with Gasteiger partial charge in [-0.15, -0.1) is 0 Å². The lowest BCUT2D eigenvalue weighted by Gasteiger charge is -2.11. The van der Waals surface area contributed by atoms with Gasteiger partial charge in [0.25, 0.3) is 10.0 Å². The van der Waals surface area contributed by atoms with E-state index >= 15 is 0 Å². The second kappa shape index (κ2) is 6.13. The van der Waals surface area contributed by atoms with Crippen LogP contribution < -0.4 is 4.72 Å². The zero-order valence-electron chi connectivity index (χ0n) is 11.8. The Morgan fingerprint density at radius 2 is 1.77 bits per heavy atom. The first-order chi connectivity index (χ1) is 10.2. The molecular formula is C14H13F2NO3S2. The van der Waals surface area contributed by atoms with Gasteiger partial charge in [0.1, 0.15) is 11.6 Å². The van der Waals surface area contributed by atoms with Crippen molar-refractivity contribution in [3.8, 4) is 0 Å². The minimum Gasteiger partial charge on any atom is -0.280 e. The molecule has 0 aliphatic heterocycles. The van der Waals surface area contributed by atoms with E-state index in [1.54, 1.807) is 0 Å². The van der Waals surface area contributed by atoms with E-state index in [1.807, 2.05) is 0 Å². The van der Waals surface area contributed by atoms with Gasteiger partial charge in [0, 0.05) is 6.26 Å². The number of nitrogens with one attached hydrogen (secondary N) is 1. The Bertz CT molecular complexity index is 851. The fraction of sp³-hybridized carbons (Fsp3) is 0.143. The highest BCUT2D eigenvalue weighted by atomic mass is 32.2. The Labute approximate surface area is 129 Å². The zero-order chi connectivity index (χ0) is 16.5. The molecule has 0 aromatic heterocycles. The van der Waals surface area contributed by atoms with E-state index in [0.29, 0.717) is 5.56 Å². The normalized spacial score (nSPS) is 12.9. The minimum absolute atomic E-state index is 0.0233. The fourth-order valence-electron chi connectivity index (χ4n) is 1.87. The number of aryl methyl sites for hydroxylation is 1. The van der Waals surface area contributed by atoms with Crippen molar-refractivity contribution in [2.75, 3.05) is 11.0 Å². The van der Waals surface area contributed by atoms with E-state index in [1.165, 1.54) is 31.4 Å². The minimum atomic E-state index is -4.05. The van der Waals surface area contributed by atoms with Gasteiger partial charge in [-0.25, -0.2) is 17.2 Å². The van der Waals surface area contributed by atoms with Crippen molar-refractivity contribution in [2.24, 2.45) is 0 Å². The van der Waals surface area contributed by atoms with Gasteiger partial charge in [-0.1, -0.05) is 6.07 Å². The van der Waals surface area contributed by atoms with Crippen LogP contribution in [0.25, 0.3) is 0 Å². The summed E-state index contributed by atoms with van der Waals surface area (Å²) in [5.74, 6) is -1.47. The summed E-state index contributed by atoms with van der Waals surface area (Å²) in [5.41, 5.74) is 0.330. The molecule has 1 unspecified atom stereocenters. The molecule has 1 atom stereocenters. The lowest BCUT2D eigenvalue weighted by molar-refractivity contribution is 0.593. The van der Waals surface area contributed by atoms with Crippen LogP contribution in [0.15, 0.2) is 46.2 Å². The molecule has 0 saturated heterocycles. The van der Waals surface area contributed by atoms with Crippen molar-refractivity contribution in [2.45, 2.75) is 16.7 Å². The van der Waals surface area contributed by atoms with Gasteiger partial charge >= 0.3 is 0 Å². The first-order valence-corrected chi connectivity index (χ1v) is 9.17. The molecule has 0 heterocycles. The van der Waals surface area contributed by atoms with Gasteiger partial charge in [-0.3, -0.25) is 8.93 Å². The predicted octanol–water partition coefficient (Wildman–Crippen LogP) is 2.81. The molecule has 8 heteroatoms. The van der Waals surface area contributed by atoms with Crippen molar-refractivity contribution < 1.29 is 21.4 Å². The molecular weight excluding hydrogens is 332 g/mol. The Morgan fingerprint density at radius 3 is 2.36 bits per heavy atom. The van der Waals surface area contributed by atoms with Crippen LogP contribution in [0.4, 0.5) is 14.5 Å². The van der Waals surface area contributed by atoms with Crippen LogP contribution in [0.1, 0.15) is 5.56 Å². The summed E-state index contributed by atoms with van der Waals surface area (Å²) < 4.78 is 64.9. The number of rotatable bonds is 4. The molecule has 0 aliphatic carbocycles. The monoisotopic (exact) mass is 345 g/mol. The quantitative estimate of drug-likeness (QED) is 0.927. The van der Waals surface area contributed by atoms with Crippen LogP contribution in [0.2, 0.25) is 0 Å². The van der Waals surface area contributed by atoms with E-state index in [0.717, 1.165) is 18.2 Å². The molecule has 2 aromatic carbocycles. The zero-order valence-corrected chi connectivity index (χ0v) is 13.4. The number of hydrogen-bond acceptors (Lipinski definition) is 3. The summed E-state index contributed by atoms with van der Waals surface area (Å²) in [6.07, 6.45) is 1.32. The number of benzene rings is 2. The summed E-state index contributed by atoms with van der Waals surface area (Å²) in [6, 6.07) is 6.85. The molecule has 4 nitrogen and oxygen atoms in total. The lowest BCUT2D eigenvalue weighted by atomic mass is 10.2. The third-order valence-corrected chi connectivity index (χ3v) is 5.41. The van der Waals surface area contributed by atoms with Gasteiger partial charge in [0.2, 0.25) is 0 Å². The maximum Gasteiger partial charge on any atom is 0.262 e. The molecule has 0 amide bonds.